The minimum absolute atomic E-state index is 0.192. The Balaban J connectivity index is 1.98. The van der Waals surface area contributed by atoms with Crippen molar-refractivity contribution in [2.75, 3.05) is 4.90 Å². The summed E-state index contributed by atoms with van der Waals surface area (Å²) in [4.78, 5) is 13.1. The lowest BCUT2D eigenvalue weighted by Gasteiger charge is -2.17. The summed E-state index contributed by atoms with van der Waals surface area (Å²) in [7, 11) is 0. The van der Waals surface area contributed by atoms with Crippen LogP contribution in [0, 0.1) is 0 Å². The van der Waals surface area contributed by atoms with Crippen molar-refractivity contribution in [3.05, 3.63) is 53.2 Å². The number of nitrogens with zero attached hydrogens (tertiary/aromatic N) is 3. The SMILES string of the molecule is O=C(O)c1ccnnc1N1Cc2ccccc2C1. The summed E-state index contributed by atoms with van der Waals surface area (Å²) in [6.45, 7) is 1.35. The molecule has 1 aliphatic rings. The van der Waals surface area contributed by atoms with Crippen molar-refractivity contribution in [2.45, 2.75) is 13.1 Å². The Morgan fingerprint density at radius 1 is 1.17 bits per heavy atom. The molecule has 3 rings (SSSR count). The number of hydrogen-bond donors (Lipinski definition) is 1. The van der Waals surface area contributed by atoms with Gasteiger partial charge in [0.05, 0.1) is 6.20 Å². The highest BCUT2D eigenvalue weighted by Crippen LogP contribution is 2.28. The van der Waals surface area contributed by atoms with E-state index in [1.165, 1.54) is 23.4 Å². The van der Waals surface area contributed by atoms with E-state index in [2.05, 4.69) is 10.2 Å². The molecule has 0 saturated carbocycles. The summed E-state index contributed by atoms with van der Waals surface area (Å²) in [5, 5.41) is 16.9. The largest absolute Gasteiger partial charge is 0.478 e. The number of rotatable bonds is 2. The van der Waals surface area contributed by atoms with Gasteiger partial charge in [-0.25, -0.2) is 4.79 Å². The Bertz CT molecular complexity index is 588. The van der Waals surface area contributed by atoms with Crippen LogP contribution in [0.15, 0.2) is 36.5 Å². The van der Waals surface area contributed by atoms with E-state index in [9.17, 15) is 4.79 Å². The zero-order valence-electron chi connectivity index (χ0n) is 9.58. The summed E-state index contributed by atoms with van der Waals surface area (Å²) in [5.41, 5.74) is 2.61. The Labute approximate surface area is 104 Å². The third-order valence-electron chi connectivity index (χ3n) is 3.07. The van der Waals surface area contributed by atoms with Crippen LogP contribution >= 0.6 is 0 Å². The normalized spacial score (nSPS) is 13.4. The average molecular weight is 241 g/mol. The predicted octanol–water partition coefficient (Wildman–Crippen LogP) is 1.69. The molecule has 0 bridgehead atoms. The van der Waals surface area contributed by atoms with Gasteiger partial charge < -0.3 is 10.0 Å². The molecule has 0 aliphatic carbocycles. The van der Waals surface area contributed by atoms with Gasteiger partial charge in [-0.2, -0.15) is 5.10 Å². The number of aromatic carboxylic acids is 1. The summed E-state index contributed by atoms with van der Waals surface area (Å²) in [6, 6.07) is 9.54. The van der Waals surface area contributed by atoms with E-state index in [4.69, 9.17) is 5.11 Å². The first-order valence-corrected chi connectivity index (χ1v) is 5.62. The zero-order chi connectivity index (χ0) is 12.5. The molecule has 1 aromatic heterocycles. The Morgan fingerprint density at radius 3 is 2.44 bits per heavy atom. The van der Waals surface area contributed by atoms with Gasteiger partial charge in [0, 0.05) is 13.1 Å². The molecule has 5 heteroatoms. The van der Waals surface area contributed by atoms with Gasteiger partial charge in [0.1, 0.15) is 5.56 Å². The fourth-order valence-electron chi connectivity index (χ4n) is 2.21. The zero-order valence-corrected chi connectivity index (χ0v) is 9.58. The molecule has 0 fully saturated rings. The van der Waals surface area contributed by atoms with Gasteiger partial charge in [0.25, 0.3) is 0 Å². The van der Waals surface area contributed by atoms with Crippen LogP contribution in [0.5, 0.6) is 0 Å². The van der Waals surface area contributed by atoms with E-state index in [1.807, 2.05) is 29.2 Å². The number of aromatic nitrogens is 2. The van der Waals surface area contributed by atoms with Crippen LogP contribution < -0.4 is 4.90 Å². The van der Waals surface area contributed by atoms with Crippen LogP contribution in [0.4, 0.5) is 5.82 Å². The Morgan fingerprint density at radius 2 is 1.83 bits per heavy atom. The standard InChI is InChI=1S/C13H11N3O2/c17-13(18)11-5-6-14-15-12(11)16-7-9-3-1-2-4-10(9)8-16/h1-6H,7-8H2,(H,17,18). The van der Waals surface area contributed by atoms with Crippen LogP contribution in [-0.4, -0.2) is 21.3 Å². The summed E-state index contributed by atoms with van der Waals surface area (Å²) < 4.78 is 0. The van der Waals surface area contributed by atoms with Crippen molar-refractivity contribution in [2.24, 2.45) is 0 Å². The Kier molecular flexibility index (Phi) is 2.44. The number of hydrogen-bond acceptors (Lipinski definition) is 4. The van der Waals surface area contributed by atoms with Gasteiger partial charge >= 0.3 is 5.97 Å². The van der Waals surface area contributed by atoms with Gasteiger partial charge in [-0.1, -0.05) is 24.3 Å². The maximum atomic E-state index is 11.2. The molecule has 0 spiro atoms. The minimum Gasteiger partial charge on any atom is -0.478 e. The molecule has 0 atom stereocenters. The average Bonchev–Trinajstić information content (AvgIpc) is 2.82. The van der Waals surface area contributed by atoms with Crippen molar-refractivity contribution >= 4 is 11.8 Å². The molecule has 0 amide bonds. The molecule has 5 nitrogen and oxygen atoms in total. The smallest absolute Gasteiger partial charge is 0.339 e. The van der Waals surface area contributed by atoms with Crippen LogP contribution in [0.2, 0.25) is 0 Å². The van der Waals surface area contributed by atoms with Gasteiger partial charge in [-0.3, -0.25) is 0 Å². The number of benzene rings is 1. The van der Waals surface area contributed by atoms with E-state index in [-0.39, 0.29) is 5.56 Å². The van der Waals surface area contributed by atoms with Gasteiger partial charge in [-0.05, 0) is 17.2 Å². The maximum absolute atomic E-state index is 11.2. The lowest BCUT2D eigenvalue weighted by atomic mass is 10.1. The lowest BCUT2D eigenvalue weighted by molar-refractivity contribution is 0.0697. The molecule has 1 N–H and O–H groups in total. The predicted molar refractivity (Wildman–Crippen MR) is 65.3 cm³/mol. The fourth-order valence-corrected chi connectivity index (χ4v) is 2.21. The highest BCUT2D eigenvalue weighted by molar-refractivity contribution is 5.93. The first-order chi connectivity index (χ1) is 8.75. The molecular formula is C13H11N3O2. The molecule has 1 aromatic carbocycles. The van der Waals surface area contributed by atoms with E-state index in [1.54, 1.807) is 0 Å². The molecule has 0 saturated heterocycles. The summed E-state index contributed by atoms with van der Waals surface area (Å²) in [6.07, 6.45) is 1.40. The molecule has 0 unspecified atom stereocenters. The van der Waals surface area contributed by atoms with Crippen LogP contribution in [-0.2, 0) is 13.1 Å². The van der Waals surface area contributed by atoms with Gasteiger partial charge in [0.15, 0.2) is 5.82 Å². The van der Waals surface area contributed by atoms with Crippen molar-refractivity contribution < 1.29 is 9.90 Å². The number of anilines is 1. The second kappa shape index (κ2) is 4.10. The molecule has 18 heavy (non-hydrogen) atoms. The monoisotopic (exact) mass is 241 g/mol. The fraction of sp³-hybridized carbons (Fsp3) is 0.154. The second-order valence-corrected chi connectivity index (χ2v) is 4.20. The minimum atomic E-state index is -0.976. The van der Waals surface area contributed by atoms with Crippen molar-refractivity contribution in [3.8, 4) is 0 Å². The third-order valence-corrected chi connectivity index (χ3v) is 3.07. The number of carbonyl (C=O) groups is 1. The topological polar surface area (TPSA) is 66.3 Å². The molecule has 2 heterocycles. The molecule has 1 aliphatic heterocycles. The molecule has 2 aromatic rings. The highest BCUT2D eigenvalue weighted by atomic mass is 16.4. The number of fused-ring (bicyclic) bond motifs is 1. The van der Waals surface area contributed by atoms with E-state index in [0.717, 1.165) is 0 Å². The summed E-state index contributed by atoms with van der Waals surface area (Å²) >= 11 is 0. The lowest BCUT2D eigenvalue weighted by Crippen LogP contribution is -2.20. The molecule has 0 radical (unpaired) electrons. The first-order valence-electron chi connectivity index (χ1n) is 5.62. The highest BCUT2D eigenvalue weighted by Gasteiger charge is 2.24. The van der Waals surface area contributed by atoms with E-state index < -0.39 is 5.97 Å². The first kappa shape index (κ1) is 10.7. The van der Waals surface area contributed by atoms with Crippen LogP contribution in [0.3, 0.4) is 0 Å². The van der Waals surface area contributed by atoms with Crippen molar-refractivity contribution in [3.63, 3.8) is 0 Å². The second-order valence-electron chi connectivity index (χ2n) is 4.20. The molecular weight excluding hydrogens is 230 g/mol. The van der Waals surface area contributed by atoms with Crippen LogP contribution in [0.25, 0.3) is 0 Å². The van der Waals surface area contributed by atoms with E-state index >= 15 is 0 Å². The van der Waals surface area contributed by atoms with Crippen molar-refractivity contribution in [1.29, 1.82) is 0 Å². The van der Waals surface area contributed by atoms with Gasteiger partial charge in [-0.15, -0.1) is 5.10 Å². The van der Waals surface area contributed by atoms with Crippen LogP contribution in [0.1, 0.15) is 21.5 Å². The third kappa shape index (κ3) is 1.69. The summed E-state index contributed by atoms with van der Waals surface area (Å²) in [5.74, 6) is -0.544. The maximum Gasteiger partial charge on any atom is 0.339 e. The van der Waals surface area contributed by atoms with Gasteiger partial charge in [0.2, 0.25) is 0 Å². The molecule has 90 valence electrons. The van der Waals surface area contributed by atoms with E-state index in [0.29, 0.717) is 18.9 Å². The van der Waals surface area contributed by atoms with Crippen molar-refractivity contribution in [1.82, 2.24) is 10.2 Å². The number of carboxylic acids is 1. The Hall–Kier alpha value is -2.43. The quantitative estimate of drug-likeness (QED) is 0.866. The number of carboxylic acid groups (broad SMARTS) is 1.